The summed E-state index contributed by atoms with van der Waals surface area (Å²) in [5, 5.41) is 2.61. The van der Waals surface area contributed by atoms with E-state index in [-0.39, 0.29) is 5.41 Å². The fourth-order valence-electron chi connectivity index (χ4n) is 8.46. The smallest absolute Gasteiger partial charge is 0.0546 e. The molecular formula is C51H37NS. The highest BCUT2D eigenvalue weighted by atomic mass is 32.1. The van der Waals surface area contributed by atoms with Crippen molar-refractivity contribution in [2.24, 2.45) is 0 Å². The normalized spacial score (nSPS) is 12.9. The van der Waals surface area contributed by atoms with Gasteiger partial charge in [0.15, 0.2) is 0 Å². The third kappa shape index (κ3) is 5.21. The van der Waals surface area contributed by atoms with Crippen LogP contribution in [0.25, 0.3) is 64.7 Å². The van der Waals surface area contributed by atoms with Crippen molar-refractivity contribution < 1.29 is 0 Å². The number of hydrogen-bond acceptors (Lipinski definition) is 2. The topological polar surface area (TPSA) is 3.24 Å². The van der Waals surface area contributed by atoms with Crippen LogP contribution in [-0.4, -0.2) is 0 Å². The first-order valence-corrected chi connectivity index (χ1v) is 19.2. The van der Waals surface area contributed by atoms with Crippen molar-refractivity contribution >= 4 is 48.6 Å². The lowest BCUT2D eigenvalue weighted by atomic mass is 9.81. The van der Waals surface area contributed by atoms with Crippen molar-refractivity contribution in [2.75, 3.05) is 4.90 Å². The minimum absolute atomic E-state index is 0.0905. The summed E-state index contributed by atoms with van der Waals surface area (Å²) >= 11 is 1.86. The number of benzene rings is 8. The van der Waals surface area contributed by atoms with Gasteiger partial charge < -0.3 is 4.90 Å². The predicted molar refractivity (Wildman–Crippen MR) is 228 cm³/mol. The molecular weight excluding hydrogens is 659 g/mol. The summed E-state index contributed by atoms with van der Waals surface area (Å²) in [5.41, 5.74) is 16.0. The van der Waals surface area contributed by atoms with Crippen molar-refractivity contribution in [1.29, 1.82) is 0 Å². The van der Waals surface area contributed by atoms with Crippen LogP contribution in [0.4, 0.5) is 17.1 Å². The highest BCUT2D eigenvalue weighted by molar-refractivity contribution is 7.25. The monoisotopic (exact) mass is 695 g/mol. The number of hydrogen-bond donors (Lipinski definition) is 0. The van der Waals surface area contributed by atoms with Crippen LogP contribution in [0, 0.1) is 0 Å². The molecule has 0 amide bonds. The van der Waals surface area contributed by atoms with Crippen LogP contribution in [-0.2, 0) is 5.41 Å². The van der Waals surface area contributed by atoms with Crippen LogP contribution in [0.2, 0.25) is 0 Å². The molecule has 53 heavy (non-hydrogen) atoms. The molecule has 2 heteroatoms. The van der Waals surface area contributed by atoms with Gasteiger partial charge in [0, 0.05) is 42.5 Å². The molecule has 10 rings (SSSR count). The lowest BCUT2D eigenvalue weighted by Crippen LogP contribution is -2.15. The SMILES string of the molecule is CC1(C)c2ccccc2-c2ccc(-c3cccc(N(c4ccccc4)c4ccc5c(c4)sc4ccccc45)c3-c3ccc(-c4ccccc4)cc3)cc21. The molecule has 0 fully saturated rings. The molecule has 0 N–H and O–H groups in total. The lowest BCUT2D eigenvalue weighted by Gasteiger charge is -2.29. The fourth-order valence-corrected chi connectivity index (χ4v) is 9.60. The van der Waals surface area contributed by atoms with Crippen LogP contribution < -0.4 is 4.90 Å². The molecule has 8 aromatic carbocycles. The van der Waals surface area contributed by atoms with Gasteiger partial charge in [-0.05, 0) is 92.5 Å². The van der Waals surface area contributed by atoms with E-state index in [2.05, 4.69) is 207 Å². The van der Waals surface area contributed by atoms with Crippen LogP contribution in [0.15, 0.2) is 188 Å². The minimum atomic E-state index is -0.0905. The van der Waals surface area contributed by atoms with Gasteiger partial charge in [-0.15, -0.1) is 11.3 Å². The molecule has 1 aliphatic rings. The predicted octanol–water partition coefficient (Wildman–Crippen LogP) is 14.8. The van der Waals surface area contributed by atoms with Crippen molar-refractivity contribution in [3.05, 3.63) is 199 Å². The second-order valence-electron chi connectivity index (χ2n) is 14.5. The molecule has 0 bridgehead atoms. The summed E-state index contributed by atoms with van der Waals surface area (Å²) in [5.74, 6) is 0. The summed E-state index contributed by atoms with van der Waals surface area (Å²) in [7, 11) is 0. The van der Waals surface area contributed by atoms with E-state index in [0.29, 0.717) is 0 Å². The molecule has 0 spiro atoms. The Bertz CT molecular complexity index is 2790. The quantitative estimate of drug-likeness (QED) is 0.167. The van der Waals surface area contributed by atoms with Gasteiger partial charge in [0.05, 0.1) is 5.69 Å². The molecule has 1 nitrogen and oxygen atoms in total. The number of para-hydroxylation sites is 1. The van der Waals surface area contributed by atoms with Crippen molar-refractivity contribution in [2.45, 2.75) is 19.3 Å². The Morgan fingerprint density at radius 3 is 1.85 bits per heavy atom. The van der Waals surface area contributed by atoms with Gasteiger partial charge in [0.2, 0.25) is 0 Å². The molecule has 0 unspecified atom stereocenters. The van der Waals surface area contributed by atoms with Crippen LogP contribution in [0.1, 0.15) is 25.0 Å². The fraction of sp³-hybridized carbons (Fsp3) is 0.0588. The van der Waals surface area contributed by atoms with Gasteiger partial charge in [-0.25, -0.2) is 0 Å². The number of anilines is 3. The van der Waals surface area contributed by atoms with E-state index >= 15 is 0 Å². The maximum Gasteiger partial charge on any atom is 0.0546 e. The summed E-state index contributed by atoms with van der Waals surface area (Å²) in [4.78, 5) is 2.45. The van der Waals surface area contributed by atoms with E-state index in [1.54, 1.807) is 0 Å². The molecule has 1 heterocycles. The van der Waals surface area contributed by atoms with Crippen LogP contribution >= 0.6 is 11.3 Å². The Morgan fingerprint density at radius 2 is 1.02 bits per heavy atom. The summed E-state index contributed by atoms with van der Waals surface area (Å²) in [6, 6.07) is 69.1. The molecule has 0 aliphatic heterocycles. The van der Waals surface area contributed by atoms with E-state index in [1.165, 1.54) is 75.8 Å². The van der Waals surface area contributed by atoms with Crippen molar-refractivity contribution in [3.63, 3.8) is 0 Å². The Morgan fingerprint density at radius 1 is 0.396 bits per heavy atom. The summed E-state index contributed by atoms with van der Waals surface area (Å²) < 4.78 is 2.60. The molecule has 0 atom stereocenters. The molecule has 9 aromatic rings. The molecule has 0 saturated carbocycles. The zero-order chi connectivity index (χ0) is 35.5. The Balaban J connectivity index is 1.21. The van der Waals surface area contributed by atoms with Gasteiger partial charge in [-0.1, -0.05) is 159 Å². The highest BCUT2D eigenvalue weighted by Crippen LogP contribution is 2.52. The molecule has 0 radical (unpaired) electrons. The van der Waals surface area contributed by atoms with Gasteiger partial charge >= 0.3 is 0 Å². The number of rotatable bonds is 6. The third-order valence-corrected chi connectivity index (χ3v) is 12.2. The van der Waals surface area contributed by atoms with Gasteiger partial charge in [0.1, 0.15) is 0 Å². The summed E-state index contributed by atoms with van der Waals surface area (Å²) in [6.07, 6.45) is 0. The van der Waals surface area contributed by atoms with Crippen molar-refractivity contribution in [3.8, 4) is 44.5 Å². The van der Waals surface area contributed by atoms with Crippen molar-refractivity contribution in [1.82, 2.24) is 0 Å². The minimum Gasteiger partial charge on any atom is -0.310 e. The molecule has 1 aliphatic carbocycles. The second kappa shape index (κ2) is 12.5. The summed E-state index contributed by atoms with van der Waals surface area (Å²) in [6.45, 7) is 4.73. The maximum atomic E-state index is 2.45. The number of nitrogens with zero attached hydrogens (tertiary/aromatic N) is 1. The third-order valence-electron chi connectivity index (χ3n) is 11.1. The van der Waals surface area contributed by atoms with Gasteiger partial charge in [0.25, 0.3) is 0 Å². The van der Waals surface area contributed by atoms with Crippen LogP contribution in [0.3, 0.4) is 0 Å². The zero-order valence-corrected chi connectivity index (χ0v) is 30.6. The van der Waals surface area contributed by atoms with E-state index in [1.807, 2.05) is 11.3 Å². The number of thiophene rings is 1. The molecule has 252 valence electrons. The van der Waals surface area contributed by atoms with E-state index in [4.69, 9.17) is 0 Å². The Kier molecular flexibility index (Phi) is 7.42. The van der Waals surface area contributed by atoms with E-state index in [9.17, 15) is 0 Å². The number of fused-ring (bicyclic) bond motifs is 6. The Hall–Kier alpha value is -6.22. The van der Waals surface area contributed by atoms with Gasteiger partial charge in [-0.2, -0.15) is 0 Å². The first kappa shape index (κ1) is 31.5. The molecule has 0 saturated heterocycles. The van der Waals surface area contributed by atoms with Crippen LogP contribution in [0.5, 0.6) is 0 Å². The standard InChI is InChI=1S/C51H37NS/c1-51(2)45-21-11-9-18-41(45)42-30-28-37(32-46(42)51)40-20-13-22-47(50(40)36-26-24-35(25-27-36)34-14-5-3-6-15-34)52(38-16-7-4-8-17-38)39-29-31-44-43-19-10-12-23-48(43)53-49(44)33-39/h3-33H,1-2H3. The average molecular weight is 696 g/mol. The highest BCUT2D eigenvalue weighted by Gasteiger charge is 2.35. The second-order valence-corrected chi connectivity index (χ2v) is 15.6. The van der Waals surface area contributed by atoms with E-state index < -0.39 is 0 Å². The maximum absolute atomic E-state index is 2.45. The Labute approximate surface area is 315 Å². The first-order valence-electron chi connectivity index (χ1n) is 18.3. The largest absolute Gasteiger partial charge is 0.310 e. The lowest BCUT2D eigenvalue weighted by molar-refractivity contribution is 0.660. The van der Waals surface area contributed by atoms with E-state index in [0.717, 1.165) is 17.1 Å². The molecule has 1 aromatic heterocycles. The zero-order valence-electron chi connectivity index (χ0n) is 29.8. The first-order chi connectivity index (χ1) is 26.0. The average Bonchev–Trinajstić information content (AvgIpc) is 3.70. The van der Waals surface area contributed by atoms with Gasteiger partial charge in [-0.3, -0.25) is 0 Å².